The first kappa shape index (κ1) is 21.9. The zero-order chi connectivity index (χ0) is 22.9. The van der Waals surface area contributed by atoms with Gasteiger partial charge in [0, 0.05) is 11.3 Å². The van der Waals surface area contributed by atoms with Crippen LogP contribution in [0.4, 0.5) is 17.6 Å². The Balaban J connectivity index is 1.52. The van der Waals surface area contributed by atoms with E-state index in [0.717, 1.165) is 17.5 Å². The molecule has 0 heterocycles. The van der Waals surface area contributed by atoms with Crippen LogP contribution in [0, 0.1) is 29.6 Å². The smallest absolute Gasteiger partial charge is 0.281 e. The monoisotopic (exact) mass is 468 g/mol. The van der Waals surface area contributed by atoms with Crippen LogP contribution in [0.1, 0.15) is 36.8 Å². The van der Waals surface area contributed by atoms with E-state index in [9.17, 15) is 26.0 Å². The lowest BCUT2D eigenvalue weighted by Crippen LogP contribution is -2.53. The number of halogens is 4. The lowest BCUT2D eigenvalue weighted by molar-refractivity contribution is -0.207. The molecule has 1 N–H and O–H groups in total. The van der Waals surface area contributed by atoms with E-state index in [4.69, 9.17) is 4.55 Å². The van der Waals surface area contributed by atoms with Gasteiger partial charge < -0.3 is 0 Å². The molecule has 32 heavy (non-hydrogen) atoms. The van der Waals surface area contributed by atoms with Gasteiger partial charge in [-0.05, 0) is 60.5 Å². The molecule has 0 aromatic heterocycles. The quantitative estimate of drug-likeness (QED) is 0.448. The molecule has 2 aromatic carbocycles. The molecule has 172 valence electrons. The molecule has 0 radical (unpaired) electrons. The highest BCUT2D eigenvalue weighted by atomic mass is 32.2. The Labute approximate surface area is 184 Å². The molecule has 2 aromatic rings. The topological polar surface area (TPSA) is 54.4 Å². The molecule has 5 atom stereocenters. The predicted octanol–water partition coefficient (Wildman–Crippen LogP) is 5.77. The summed E-state index contributed by atoms with van der Waals surface area (Å²) in [6.07, 6.45) is 1.55. The van der Waals surface area contributed by atoms with Gasteiger partial charge >= 0.3 is 21.3 Å². The van der Waals surface area contributed by atoms with Gasteiger partial charge in [0.15, 0.2) is 0 Å². The fourth-order valence-electron chi connectivity index (χ4n) is 7.07. The molecule has 3 aliphatic carbocycles. The molecule has 5 rings (SSSR count). The van der Waals surface area contributed by atoms with Crippen molar-refractivity contribution >= 4 is 10.1 Å². The molecular weight excluding hydrogens is 444 g/mol. The highest BCUT2D eigenvalue weighted by Crippen LogP contribution is 2.69. The molecule has 0 amide bonds. The van der Waals surface area contributed by atoms with Crippen molar-refractivity contribution in [3.63, 3.8) is 0 Å². The van der Waals surface area contributed by atoms with Crippen LogP contribution in [0.25, 0.3) is 0 Å². The van der Waals surface area contributed by atoms with Crippen molar-refractivity contribution in [3.05, 3.63) is 71.8 Å². The second kappa shape index (κ2) is 7.03. The third kappa shape index (κ3) is 2.91. The fourth-order valence-corrected chi connectivity index (χ4v) is 7.56. The molecule has 3 fully saturated rings. The van der Waals surface area contributed by atoms with E-state index in [1.807, 2.05) is 60.7 Å². The highest BCUT2D eigenvalue weighted by Gasteiger charge is 2.74. The van der Waals surface area contributed by atoms with E-state index in [-0.39, 0.29) is 24.2 Å². The zero-order valence-corrected chi connectivity index (χ0v) is 18.0. The molecule has 8 heteroatoms. The maximum Gasteiger partial charge on any atom is 0.431 e. The molecule has 0 aliphatic heterocycles. The van der Waals surface area contributed by atoms with Gasteiger partial charge in [-0.2, -0.15) is 26.0 Å². The maximum absolute atomic E-state index is 14.9. The average molecular weight is 469 g/mol. The standard InChI is InChI=1S/C24H24F4O3S/c25-23(26,24(27,28)32(29,30)31)21-12-15-11-18(21)20-14-22(13-19(15)20,16-7-3-1-4-8-16)17-9-5-2-6-10-17/h1-10,15,18-21H,11-14H2,(H,29,30,31). The Bertz CT molecular complexity index is 1070. The van der Waals surface area contributed by atoms with Gasteiger partial charge in [-0.1, -0.05) is 60.7 Å². The molecule has 0 saturated heterocycles. The van der Waals surface area contributed by atoms with Crippen LogP contribution in [0.5, 0.6) is 0 Å². The lowest BCUT2D eigenvalue weighted by atomic mass is 9.71. The lowest BCUT2D eigenvalue weighted by Gasteiger charge is -2.38. The summed E-state index contributed by atoms with van der Waals surface area (Å²) in [6, 6.07) is 19.7. The number of hydrogen-bond donors (Lipinski definition) is 1. The van der Waals surface area contributed by atoms with Crippen LogP contribution in [0.3, 0.4) is 0 Å². The summed E-state index contributed by atoms with van der Waals surface area (Å²) < 4.78 is 89.0. The largest absolute Gasteiger partial charge is 0.431 e. The summed E-state index contributed by atoms with van der Waals surface area (Å²) in [4.78, 5) is 0. The Morgan fingerprint density at radius 2 is 1.28 bits per heavy atom. The SMILES string of the molecule is O=S(=O)(O)C(F)(F)C(F)(F)C1CC2CC1C1CC(c3ccccc3)(c3ccccc3)CC21. The van der Waals surface area contributed by atoms with Gasteiger partial charge in [-0.25, -0.2) is 0 Å². The van der Waals surface area contributed by atoms with E-state index in [2.05, 4.69) is 0 Å². The molecular formula is C24H24F4O3S. The third-order valence-electron chi connectivity index (χ3n) is 8.35. The number of benzene rings is 2. The van der Waals surface area contributed by atoms with Crippen molar-refractivity contribution < 1.29 is 30.5 Å². The second-order valence-corrected chi connectivity index (χ2v) is 11.1. The second-order valence-electron chi connectivity index (χ2n) is 9.67. The predicted molar refractivity (Wildman–Crippen MR) is 111 cm³/mol. The van der Waals surface area contributed by atoms with Gasteiger partial charge in [-0.3, -0.25) is 4.55 Å². The van der Waals surface area contributed by atoms with Gasteiger partial charge in [0.1, 0.15) is 0 Å². The van der Waals surface area contributed by atoms with Crippen molar-refractivity contribution in [2.24, 2.45) is 29.6 Å². The average Bonchev–Trinajstić information content (AvgIpc) is 3.45. The normalized spacial score (nSPS) is 31.6. The number of fused-ring (bicyclic) bond motifs is 5. The van der Waals surface area contributed by atoms with Crippen molar-refractivity contribution in [1.29, 1.82) is 0 Å². The van der Waals surface area contributed by atoms with Crippen molar-refractivity contribution in [1.82, 2.24) is 0 Å². The summed E-state index contributed by atoms with van der Waals surface area (Å²) in [5.74, 6) is -7.55. The molecule has 3 saturated carbocycles. The van der Waals surface area contributed by atoms with E-state index >= 15 is 0 Å². The van der Waals surface area contributed by atoms with Crippen molar-refractivity contribution in [2.45, 2.75) is 42.3 Å². The van der Waals surface area contributed by atoms with E-state index in [0.29, 0.717) is 12.8 Å². The minimum Gasteiger partial charge on any atom is -0.281 e. The Kier molecular flexibility index (Phi) is 4.81. The van der Waals surface area contributed by atoms with Gasteiger partial charge in [0.2, 0.25) is 0 Å². The molecule has 0 spiro atoms. The van der Waals surface area contributed by atoms with E-state index in [1.54, 1.807) is 0 Å². The van der Waals surface area contributed by atoms with Gasteiger partial charge in [0.05, 0.1) is 0 Å². The third-order valence-corrected chi connectivity index (χ3v) is 9.27. The number of rotatable bonds is 5. The van der Waals surface area contributed by atoms with E-state index < -0.39 is 38.5 Å². The van der Waals surface area contributed by atoms with E-state index in [1.165, 1.54) is 0 Å². The van der Waals surface area contributed by atoms with Crippen LogP contribution in [0.2, 0.25) is 0 Å². The summed E-state index contributed by atoms with van der Waals surface area (Å²) in [7, 11) is -6.23. The molecule has 3 aliphatic rings. The zero-order valence-electron chi connectivity index (χ0n) is 17.2. The first-order valence-corrected chi connectivity index (χ1v) is 12.3. The minimum atomic E-state index is -6.23. The van der Waals surface area contributed by atoms with Crippen molar-refractivity contribution in [3.8, 4) is 0 Å². The molecule has 3 nitrogen and oxygen atoms in total. The van der Waals surface area contributed by atoms with Crippen LogP contribution in [-0.4, -0.2) is 24.1 Å². The number of alkyl halides is 4. The van der Waals surface area contributed by atoms with Crippen LogP contribution in [0.15, 0.2) is 60.7 Å². The first-order valence-electron chi connectivity index (χ1n) is 10.8. The number of hydrogen-bond acceptors (Lipinski definition) is 2. The molecule has 2 bridgehead atoms. The summed E-state index contributed by atoms with van der Waals surface area (Å²) in [6.45, 7) is 0. The Morgan fingerprint density at radius 1 is 0.781 bits per heavy atom. The van der Waals surface area contributed by atoms with Gasteiger partial charge in [-0.15, -0.1) is 0 Å². The van der Waals surface area contributed by atoms with Crippen molar-refractivity contribution in [2.75, 3.05) is 0 Å². The fraction of sp³-hybridized carbons (Fsp3) is 0.500. The minimum absolute atomic E-state index is 0.117. The summed E-state index contributed by atoms with van der Waals surface area (Å²) in [5, 5.41) is -5.50. The Hall–Kier alpha value is -1.93. The molecule has 5 unspecified atom stereocenters. The summed E-state index contributed by atoms with van der Waals surface area (Å²) in [5.41, 5.74) is 1.75. The maximum atomic E-state index is 14.9. The van der Waals surface area contributed by atoms with Crippen LogP contribution >= 0.6 is 0 Å². The van der Waals surface area contributed by atoms with Gasteiger partial charge in [0.25, 0.3) is 0 Å². The van der Waals surface area contributed by atoms with Crippen LogP contribution < -0.4 is 0 Å². The first-order chi connectivity index (χ1) is 15.0. The summed E-state index contributed by atoms with van der Waals surface area (Å²) >= 11 is 0. The Morgan fingerprint density at radius 3 is 1.78 bits per heavy atom. The highest BCUT2D eigenvalue weighted by molar-refractivity contribution is 7.87. The van der Waals surface area contributed by atoms with Crippen LogP contribution in [-0.2, 0) is 15.5 Å².